The van der Waals surface area contributed by atoms with E-state index in [0.717, 1.165) is 12.8 Å². The molecular weight excluding hydrogens is 168 g/mol. The van der Waals surface area contributed by atoms with Gasteiger partial charge in [-0.15, -0.1) is 0 Å². The van der Waals surface area contributed by atoms with Crippen molar-refractivity contribution in [3.8, 4) is 0 Å². The van der Waals surface area contributed by atoms with Crippen molar-refractivity contribution < 1.29 is 14.6 Å². The van der Waals surface area contributed by atoms with Gasteiger partial charge >= 0.3 is 5.97 Å². The molecule has 13 heavy (non-hydrogen) atoms. The minimum Gasteiger partial charge on any atom is -0.479 e. The van der Waals surface area contributed by atoms with Gasteiger partial charge in [-0.2, -0.15) is 0 Å². The Morgan fingerprint density at radius 3 is 2.69 bits per heavy atom. The van der Waals surface area contributed by atoms with Gasteiger partial charge in [0.15, 0.2) is 6.10 Å². The van der Waals surface area contributed by atoms with E-state index in [2.05, 4.69) is 0 Å². The highest BCUT2D eigenvalue weighted by Gasteiger charge is 2.45. The molecule has 1 N–H and O–H groups in total. The SMILES string of the molecule is C[C@@H]1[C@H]2CCCC[C@@H]2O[C@@H]1C(=O)O. The molecule has 0 bridgehead atoms. The molecule has 0 aromatic heterocycles. The third-order valence-electron chi connectivity index (χ3n) is 3.47. The Balaban J connectivity index is 2.09. The van der Waals surface area contributed by atoms with Gasteiger partial charge in [0, 0.05) is 0 Å². The summed E-state index contributed by atoms with van der Waals surface area (Å²) in [6.45, 7) is 2.01. The fourth-order valence-electron chi connectivity index (χ4n) is 2.72. The summed E-state index contributed by atoms with van der Waals surface area (Å²) in [6, 6.07) is 0. The van der Waals surface area contributed by atoms with Gasteiger partial charge in [-0.3, -0.25) is 0 Å². The molecular formula is C10H16O3. The highest BCUT2D eigenvalue weighted by atomic mass is 16.5. The van der Waals surface area contributed by atoms with Gasteiger partial charge in [0.1, 0.15) is 0 Å². The molecule has 1 saturated carbocycles. The molecule has 0 aromatic carbocycles. The van der Waals surface area contributed by atoms with E-state index in [0.29, 0.717) is 5.92 Å². The van der Waals surface area contributed by atoms with Crippen molar-refractivity contribution >= 4 is 5.97 Å². The predicted molar refractivity (Wildman–Crippen MR) is 47.4 cm³/mol. The van der Waals surface area contributed by atoms with Crippen molar-refractivity contribution in [2.75, 3.05) is 0 Å². The standard InChI is InChI=1S/C10H16O3/c1-6-7-4-2-3-5-8(7)13-9(6)10(11)12/h6-9H,2-5H2,1H3,(H,11,12)/t6-,7-,8+,9+/m1/s1. The molecule has 1 saturated heterocycles. The quantitative estimate of drug-likeness (QED) is 0.674. The van der Waals surface area contributed by atoms with Gasteiger partial charge in [0.2, 0.25) is 0 Å². The van der Waals surface area contributed by atoms with Crippen LogP contribution < -0.4 is 0 Å². The fraction of sp³-hybridized carbons (Fsp3) is 0.900. The lowest BCUT2D eigenvalue weighted by Crippen LogP contribution is -2.26. The molecule has 0 amide bonds. The molecule has 2 fully saturated rings. The monoisotopic (exact) mass is 184 g/mol. The van der Waals surface area contributed by atoms with E-state index >= 15 is 0 Å². The number of fused-ring (bicyclic) bond motifs is 1. The first-order chi connectivity index (χ1) is 6.20. The van der Waals surface area contributed by atoms with E-state index in [4.69, 9.17) is 9.84 Å². The Morgan fingerprint density at radius 2 is 2.08 bits per heavy atom. The van der Waals surface area contributed by atoms with Crippen LogP contribution in [0.3, 0.4) is 0 Å². The summed E-state index contributed by atoms with van der Waals surface area (Å²) in [5.41, 5.74) is 0. The van der Waals surface area contributed by atoms with Crippen LogP contribution in [0.1, 0.15) is 32.6 Å². The highest BCUT2D eigenvalue weighted by molar-refractivity contribution is 5.73. The Labute approximate surface area is 78.1 Å². The van der Waals surface area contributed by atoms with Crippen molar-refractivity contribution in [2.24, 2.45) is 11.8 Å². The van der Waals surface area contributed by atoms with E-state index in [1.54, 1.807) is 0 Å². The van der Waals surface area contributed by atoms with Crippen LogP contribution in [0.2, 0.25) is 0 Å². The van der Waals surface area contributed by atoms with Gasteiger partial charge in [0.05, 0.1) is 6.10 Å². The summed E-state index contributed by atoms with van der Waals surface area (Å²) in [5, 5.41) is 8.91. The second-order valence-electron chi connectivity index (χ2n) is 4.24. The van der Waals surface area contributed by atoms with Crippen LogP contribution in [-0.2, 0) is 9.53 Å². The summed E-state index contributed by atoms with van der Waals surface area (Å²) in [4.78, 5) is 10.8. The normalized spacial score (nSPS) is 44.4. The molecule has 0 unspecified atom stereocenters. The number of rotatable bonds is 1. The molecule has 2 aliphatic rings. The summed E-state index contributed by atoms with van der Waals surface area (Å²) in [5.74, 6) is -0.0976. The Bertz CT molecular complexity index is 214. The number of carboxylic acids is 1. The third kappa shape index (κ3) is 1.46. The van der Waals surface area contributed by atoms with Crippen LogP contribution in [-0.4, -0.2) is 23.3 Å². The lowest BCUT2D eigenvalue weighted by molar-refractivity contribution is -0.151. The first kappa shape index (κ1) is 9.00. The molecule has 1 heterocycles. The molecule has 1 aliphatic carbocycles. The van der Waals surface area contributed by atoms with Gasteiger partial charge in [-0.25, -0.2) is 4.79 Å². The molecule has 4 atom stereocenters. The Kier molecular flexibility index (Phi) is 2.28. The number of carboxylic acid groups (broad SMARTS) is 1. The van der Waals surface area contributed by atoms with Crippen molar-refractivity contribution in [3.05, 3.63) is 0 Å². The number of hydrogen-bond donors (Lipinski definition) is 1. The number of aliphatic carboxylic acids is 1. The molecule has 0 aromatic rings. The van der Waals surface area contributed by atoms with Crippen molar-refractivity contribution in [3.63, 3.8) is 0 Å². The van der Waals surface area contributed by atoms with E-state index in [1.165, 1.54) is 12.8 Å². The summed E-state index contributed by atoms with van der Waals surface area (Å²) < 4.78 is 5.54. The largest absolute Gasteiger partial charge is 0.479 e. The van der Waals surface area contributed by atoms with Crippen LogP contribution in [0.4, 0.5) is 0 Å². The summed E-state index contributed by atoms with van der Waals surface area (Å²) in [7, 11) is 0. The smallest absolute Gasteiger partial charge is 0.333 e. The molecule has 3 nitrogen and oxygen atoms in total. The Morgan fingerprint density at radius 1 is 1.38 bits per heavy atom. The molecule has 3 heteroatoms. The van der Waals surface area contributed by atoms with Crippen LogP contribution in [0.25, 0.3) is 0 Å². The fourth-order valence-corrected chi connectivity index (χ4v) is 2.72. The van der Waals surface area contributed by atoms with Crippen molar-refractivity contribution in [1.82, 2.24) is 0 Å². The lowest BCUT2D eigenvalue weighted by atomic mass is 9.79. The van der Waals surface area contributed by atoms with Gasteiger partial charge in [0.25, 0.3) is 0 Å². The molecule has 0 radical (unpaired) electrons. The molecule has 74 valence electrons. The van der Waals surface area contributed by atoms with Gasteiger partial charge < -0.3 is 9.84 Å². The zero-order chi connectivity index (χ0) is 9.42. The zero-order valence-electron chi connectivity index (χ0n) is 7.90. The third-order valence-corrected chi connectivity index (χ3v) is 3.47. The Hall–Kier alpha value is -0.570. The van der Waals surface area contributed by atoms with Crippen LogP contribution in [0.15, 0.2) is 0 Å². The first-order valence-corrected chi connectivity index (χ1v) is 5.08. The first-order valence-electron chi connectivity index (χ1n) is 5.08. The molecule has 1 aliphatic heterocycles. The maximum absolute atomic E-state index is 10.8. The number of hydrogen-bond acceptors (Lipinski definition) is 2. The maximum atomic E-state index is 10.8. The summed E-state index contributed by atoms with van der Waals surface area (Å²) >= 11 is 0. The van der Waals surface area contributed by atoms with E-state index < -0.39 is 12.1 Å². The topological polar surface area (TPSA) is 46.5 Å². The van der Waals surface area contributed by atoms with Crippen LogP contribution >= 0.6 is 0 Å². The maximum Gasteiger partial charge on any atom is 0.333 e. The van der Waals surface area contributed by atoms with Gasteiger partial charge in [-0.05, 0) is 24.7 Å². The van der Waals surface area contributed by atoms with E-state index in [9.17, 15) is 4.79 Å². The minimum absolute atomic E-state index is 0.197. The van der Waals surface area contributed by atoms with E-state index in [1.807, 2.05) is 6.92 Å². The van der Waals surface area contributed by atoms with Crippen molar-refractivity contribution in [1.29, 1.82) is 0 Å². The van der Waals surface area contributed by atoms with Crippen LogP contribution in [0, 0.1) is 11.8 Å². The zero-order valence-corrected chi connectivity index (χ0v) is 7.90. The average Bonchev–Trinajstić information content (AvgIpc) is 2.45. The second kappa shape index (κ2) is 3.29. The average molecular weight is 184 g/mol. The highest BCUT2D eigenvalue weighted by Crippen LogP contribution is 2.41. The predicted octanol–water partition coefficient (Wildman–Crippen LogP) is 1.66. The van der Waals surface area contributed by atoms with Crippen LogP contribution in [0.5, 0.6) is 0 Å². The van der Waals surface area contributed by atoms with E-state index in [-0.39, 0.29) is 12.0 Å². The lowest BCUT2D eigenvalue weighted by Gasteiger charge is -2.25. The minimum atomic E-state index is -0.790. The summed E-state index contributed by atoms with van der Waals surface area (Å²) in [6.07, 6.45) is 4.31. The number of carbonyl (C=O) groups is 1. The second-order valence-corrected chi connectivity index (χ2v) is 4.24. The molecule has 0 spiro atoms. The number of ether oxygens (including phenoxy) is 1. The van der Waals surface area contributed by atoms with Crippen molar-refractivity contribution in [2.45, 2.75) is 44.8 Å². The van der Waals surface area contributed by atoms with Gasteiger partial charge in [-0.1, -0.05) is 19.8 Å². The molecule has 2 rings (SSSR count).